The lowest BCUT2D eigenvalue weighted by molar-refractivity contribution is 0.0677. The summed E-state index contributed by atoms with van der Waals surface area (Å²) < 4.78 is 0. The highest BCUT2D eigenvalue weighted by atomic mass is 16.2. The molecule has 1 aromatic heterocycles. The first-order valence-electron chi connectivity index (χ1n) is 8.91. The van der Waals surface area contributed by atoms with Crippen LogP contribution in [0.4, 0.5) is 11.6 Å². The molecule has 5 heteroatoms. The molecule has 1 unspecified atom stereocenters. The van der Waals surface area contributed by atoms with Crippen molar-refractivity contribution < 1.29 is 4.79 Å². The predicted octanol–water partition coefficient (Wildman–Crippen LogP) is 4.02. The molecule has 0 bridgehead atoms. The number of likely N-dealkylation sites (tertiary alicyclic amines) is 1. The van der Waals surface area contributed by atoms with Crippen LogP contribution in [0.15, 0.2) is 24.3 Å². The maximum Gasteiger partial charge on any atom is 0.272 e. The highest BCUT2D eigenvalue weighted by Gasteiger charge is 2.23. The Kier molecular flexibility index (Phi) is 5.02. The monoisotopic (exact) mass is 338 g/mol. The topological polar surface area (TPSA) is 58.1 Å². The summed E-state index contributed by atoms with van der Waals surface area (Å²) in [6.45, 7) is 9.82. The van der Waals surface area contributed by atoms with E-state index in [2.05, 4.69) is 42.1 Å². The summed E-state index contributed by atoms with van der Waals surface area (Å²) in [6.07, 6.45) is 2.25. The van der Waals surface area contributed by atoms with Gasteiger partial charge in [-0.05, 0) is 68.9 Å². The SMILES string of the molecule is Cc1cc(C)cc(Nc2nc(C)cc(C(=O)N3CCCC(C)C3)n2)c1. The van der Waals surface area contributed by atoms with Gasteiger partial charge >= 0.3 is 0 Å². The van der Waals surface area contributed by atoms with Crippen LogP contribution >= 0.6 is 0 Å². The van der Waals surface area contributed by atoms with Crippen molar-refractivity contribution in [2.45, 2.75) is 40.5 Å². The molecule has 2 aromatic rings. The van der Waals surface area contributed by atoms with Crippen LogP contribution in [0.2, 0.25) is 0 Å². The lowest BCUT2D eigenvalue weighted by atomic mass is 10.00. The Hall–Kier alpha value is -2.43. The van der Waals surface area contributed by atoms with Crippen molar-refractivity contribution in [1.29, 1.82) is 0 Å². The zero-order valence-electron chi connectivity index (χ0n) is 15.5. The second-order valence-electron chi connectivity index (χ2n) is 7.22. The van der Waals surface area contributed by atoms with Crippen LogP contribution in [0.25, 0.3) is 0 Å². The molecule has 1 fully saturated rings. The molecule has 1 aromatic carbocycles. The molecule has 2 heterocycles. The molecule has 1 saturated heterocycles. The first-order chi connectivity index (χ1) is 11.9. The average molecular weight is 338 g/mol. The smallest absolute Gasteiger partial charge is 0.272 e. The van der Waals surface area contributed by atoms with Crippen molar-refractivity contribution in [3.05, 3.63) is 46.8 Å². The van der Waals surface area contributed by atoms with Gasteiger partial charge in [-0.3, -0.25) is 4.79 Å². The summed E-state index contributed by atoms with van der Waals surface area (Å²) in [7, 11) is 0. The van der Waals surface area contributed by atoms with E-state index in [0.717, 1.165) is 30.9 Å². The molecule has 3 rings (SSSR count). The van der Waals surface area contributed by atoms with E-state index in [0.29, 0.717) is 17.6 Å². The van der Waals surface area contributed by atoms with Crippen molar-refractivity contribution in [2.24, 2.45) is 5.92 Å². The molecule has 132 valence electrons. The van der Waals surface area contributed by atoms with Crippen LogP contribution < -0.4 is 5.32 Å². The molecule has 1 N–H and O–H groups in total. The molecule has 0 saturated carbocycles. The third kappa shape index (κ3) is 4.35. The maximum absolute atomic E-state index is 12.8. The number of aryl methyl sites for hydroxylation is 3. The van der Waals surface area contributed by atoms with E-state index in [1.54, 1.807) is 6.07 Å². The van der Waals surface area contributed by atoms with Crippen LogP contribution in [0.1, 0.15) is 47.1 Å². The van der Waals surface area contributed by atoms with Gasteiger partial charge in [-0.2, -0.15) is 0 Å². The summed E-state index contributed by atoms with van der Waals surface area (Å²) in [4.78, 5) is 23.6. The molecule has 1 amide bonds. The Labute approximate surface area is 149 Å². The van der Waals surface area contributed by atoms with Gasteiger partial charge in [0.15, 0.2) is 0 Å². The summed E-state index contributed by atoms with van der Waals surface area (Å²) in [6, 6.07) is 7.99. The van der Waals surface area contributed by atoms with Gasteiger partial charge in [-0.15, -0.1) is 0 Å². The summed E-state index contributed by atoms with van der Waals surface area (Å²) >= 11 is 0. The number of piperidine rings is 1. The summed E-state index contributed by atoms with van der Waals surface area (Å²) in [5.41, 5.74) is 4.54. The standard InChI is InChI=1S/C20H26N4O/c1-13-6-5-7-24(12-13)19(25)18-11-16(4)21-20(23-18)22-17-9-14(2)8-15(3)10-17/h8-11,13H,5-7,12H2,1-4H3,(H,21,22,23). The van der Waals surface area contributed by atoms with Crippen molar-refractivity contribution in [2.75, 3.05) is 18.4 Å². The quantitative estimate of drug-likeness (QED) is 0.918. The van der Waals surface area contributed by atoms with Crippen molar-refractivity contribution in [3.8, 4) is 0 Å². The molecular formula is C20H26N4O. The number of benzene rings is 1. The Morgan fingerprint density at radius 2 is 1.84 bits per heavy atom. The number of anilines is 2. The van der Waals surface area contributed by atoms with Crippen molar-refractivity contribution >= 4 is 17.5 Å². The predicted molar refractivity (Wildman–Crippen MR) is 100 cm³/mol. The van der Waals surface area contributed by atoms with E-state index < -0.39 is 0 Å². The number of carbonyl (C=O) groups excluding carboxylic acids is 1. The fraction of sp³-hybridized carbons (Fsp3) is 0.450. The molecule has 0 aliphatic carbocycles. The second kappa shape index (κ2) is 7.21. The highest BCUT2D eigenvalue weighted by molar-refractivity contribution is 5.92. The van der Waals surface area contributed by atoms with Gasteiger partial charge in [0.05, 0.1) is 0 Å². The van der Waals surface area contributed by atoms with Crippen molar-refractivity contribution in [3.63, 3.8) is 0 Å². The number of carbonyl (C=O) groups is 1. The zero-order valence-corrected chi connectivity index (χ0v) is 15.5. The Morgan fingerprint density at radius 3 is 2.52 bits per heavy atom. The normalized spacial score (nSPS) is 17.4. The Morgan fingerprint density at radius 1 is 1.12 bits per heavy atom. The minimum Gasteiger partial charge on any atom is -0.337 e. The van der Waals surface area contributed by atoms with Gasteiger partial charge in [0.2, 0.25) is 5.95 Å². The molecule has 5 nitrogen and oxygen atoms in total. The van der Waals surface area contributed by atoms with E-state index in [-0.39, 0.29) is 5.91 Å². The number of hydrogen-bond donors (Lipinski definition) is 1. The third-order valence-electron chi connectivity index (χ3n) is 4.50. The first kappa shape index (κ1) is 17.4. The highest BCUT2D eigenvalue weighted by Crippen LogP contribution is 2.20. The number of hydrogen-bond acceptors (Lipinski definition) is 4. The fourth-order valence-electron chi connectivity index (χ4n) is 3.45. The van der Waals surface area contributed by atoms with Gasteiger partial charge in [0.1, 0.15) is 5.69 Å². The summed E-state index contributed by atoms with van der Waals surface area (Å²) in [5, 5.41) is 3.24. The molecule has 25 heavy (non-hydrogen) atoms. The summed E-state index contributed by atoms with van der Waals surface area (Å²) in [5.74, 6) is 1.02. The number of rotatable bonds is 3. The largest absolute Gasteiger partial charge is 0.337 e. The van der Waals surface area contributed by atoms with Crippen molar-refractivity contribution in [1.82, 2.24) is 14.9 Å². The van der Waals surface area contributed by atoms with Gasteiger partial charge in [-0.1, -0.05) is 13.0 Å². The molecular weight excluding hydrogens is 312 g/mol. The molecule has 0 spiro atoms. The van der Waals surface area contributed by atoms with Crippen LogP contribution in [-0.4, -0.2) is 33.9 Å². The van der Waals surface area contributed by atoms with E-state index >= 15 is 0 Å². The van der Waals surface area contributed by atoms with Crippen LogP contribution in [0, 0.1) is 26.7 Å². The zero-order chi connectivity index (χ0) is 18.0. The number of amides is 1. The second-order valence-corrected chi connectivity index (χ2v) is 7.22. The first-order valence-corrected chi connectivity index (χ1v) is 8.91. The fourth-order valence-corrected chi connectivity index (χ4v) is 3.45. The third-order valence-corrected chi connectivity index (χ3v) is 4.50. The van der Waals surface area contributed by atoms with E-state index in [4.69, 9.17) is 0 Å². The van der Waals surface area contributed by atoms with E-state index in [1.807, 2.05) is 24.0 Å². The lowest BCUT2D eigenvalue weighted by Gasteiger charge is -2.30. The van der Waals surface area contributed by atoms with Gasteiger partial charge < -0.3 is 10.2 Å². The maximum atomic E-state index is 12.8. The molecule has 1 aliphatic rings. The van der Waals surface area contributed by atoms with E-state index in [9.17, 15) is 4.79 Å². The number of nitrogens with one attached hydrogen (secondary N) is 1. The lowest BCUT2D eigenvalue weighted by Crippen LogP contribution is -2.39. The van der Waals surface area contributed by atoms with E-state index in [1.165, 1.54) is 17.5 Å². The molecule has 0 radical (unpaired) electrons. The number of nitrogens with zero attached hydrogens (tertiary/aromatic N) is 3. The Balaban J connectivity index is 1.83. The molecule has 1 atom stereocenters. The Bertz CT molecular complexity index is 767. The number of aromatic nitrogens is 2. The average Bonchev–Trinajstić information content (AvgIpc) is 2.52. The van der Waals surface area contributed by atoms with Crippen LogP contribution in [0.5, 0.6) is 0 Å². The van der Waals surface area contributed by atoms with Crippen LogP contribution in [-0.2, 0) is 0 Å². The van der Waals surface area contributed by atoms with Gasteiger partial charge in [0.25, 0.3) is 5.91 Å². The molecule has 1 aliphatic heterocycles. The minimum atomic E-state index is 0.000484. The minimum absolute atomic E-state index is 0.000484. The van der Waals surface area contributed by atoms with Gasteiger partial charge in [-0.25, -0.2) is 9.97 Å². The van der Waals surface area contributed by atoms with Gasteiger partial charge in [0, 0.05) is 24.5 Å². The van der Waals surface area contributed by atoms with Crippen LogP contribution in [0.3, 0.4) is 0 Å².